The van der Waals surface area contributed by atoms with E-state index in [1.165, 1.54) is 6.92 Å². The fourth-order valence-electron chi connectivity index (χ4n) is 1.73. The number of hydrogen-bond acceptors (Lipinski definition) is 4. The van der Waals surface area contributed by atoms with E-state index in [2.05, 4.69) is 11.8 Å². The Morgan fingerprint density at radius 3 is 2.93 bits per heavy atom. The van der Waals surface area contributed by atoms with Gasteiger partial charge in [-0.1, -0.05) is 0 Å². The molecule has 0 spiro atoms. The molecular weight excluding hydrogens is 194 g/mol. The number of ether oxygens (including phenoxy) is 1. The van der Waals surface area contributed by atoms with Gasteiger partial charge in [0.25, 0.3) is 0 Å². The van der Waals surface area contributed by atoms with Gasteiger partial charge in [0.15, 0.2) is 17.4 Å². The maximum atomic E-state index is 11.1. The molecule has 1 aromatic rings. The maximum absolute atomic E-state index is 11.1. The second kappa shape index (κ2) is 4.06. The molecule has 4 nitrogen and oxygen atoms in total. The number of morpholine rings is 1. The summed E-state index contributed by atoms with van der Waals surface area (Å²) < 4.78 is 10.8. The van der Waals surface area contributed by atoms with E-state index < -0.39 is 0 Å². The lowest BCUT2D eigenvalue weighted by Crippen LogP contribution is -2.43. The molecule has 1 fully saturated rings. The van der Waals surface area contributed by atoms with Gasteiger partial charge in [0, 0.05) is 19.5 Å². The molecule has 1 aliphatic heterocycles. The van der Waals surface area contributed by atoms with Crippen molar-refractivity contribution in [3.63, 3.8) is 0 Å². The topological polar surface area (TPSA) is 42.7 Å². The second-order valence-electron chi connectivity index (χ2n) is 3.81. The van der Waals surface area contributed by atoms with Gasteiger partial charge in [-0.25, -0.2) is 0 Å². The van der Waals surface area contributed by atoms with Gasteiger partial charge in [-0.05, 0) is 13.0 Å². The summed E-state index contributed by atoms with van der Waals surface area (Å²) in [5.74, 6) is 1.14. The van der Waals surface area contributed by atoms with Crippen molar-refractivity contribution in [2.24, 2.45) is 0 Å². The first-order valence-electron chi connectivity index (χ1n) is 5.13. The van der Waals surface area contributed by atoms with Crippen LogP contribution in [0.3, 0.4) is 0 Å². The Kier molecular flexibility index (Phi) is 2.77. The molecular formula is C11H15NO3. The molecule has 0 amide bonds. The first-order valence-corrected chi connectivity index (χ1v) is 5.13. The molecule has 4 heteroatoms. The third-order valence-electron chi connectivity index (χ3n) is 2.59. The number of nitrogens with zero attached hydrogens (tertiary/aromatic N) is 1. The van der Waals surface area contributed by atoms with Gasteiger partial charge in [0.1, 0.15) is 0 Å². The zero-order chi connectivity index (χ0) is 10.8. The van der Waals surface area contributed by atoms with E-state index in [0.717, 1.165) is 12.4 Å². The fourth-order valence-corrected chi connectivity index (χ4v) is 1.73. The molecule has 0 bridgehead atoms. The molecule has 1 unspecified atom stereocenters. The summed E-state index contributed by atoms with van der Waals surface area (Å²) in [6.45, 7) is 5.81. The van der Waals surface area contributed by atoms with Crippen molar-refractivity contribution >= 4 is 11.7 Å². The van der Waals surface area contributed by atoms with Gasteiger partial charge >= 0.3 is 0 Å². The number of hydrogen-bond donors (Lipinski definition) is 0. The van der Waals surface area contributed by atoms with Crippen LogP contribution in [0.1, 0.15) is 24.4 Å². The Balaban J connectivity index is 2.17. The third kappa shape index (κ3) is 2.04. The molecule has 1 aliphatic rings. The Morgan fingerprint density at radius 1 is 1.53 bits per heavy atom. The molecule has 0 N–H and O–H groups in total. The minimum absolute atomic E-state index is 0.0397. The van der Waals surface area contributed by atoms with E-state index in [0.29, 0.717) is 25.0 Å². The van der Waals surface area contributed by atoms with Gasteiger partial charge in [-0.2, -0.15) is 0 Å². The van der Waals surface area contributed by atoms with Gasteiger partial charge in [0.05, 0.1) is 19.3 Å². The van der Waals surface area contributed by atoms with Crippen LogP contribution in [0.4, 0.5) is 5.88 Å². The highest BCUT2D eigenvalue weighted by Crippen LogP contribution is 2.22. The molecule has 0 radical (unpaired) electrons. The molecule has 15 heavy (non-hydrogen) atoms. The van der Waals surface area contributed by atoms with E-state index in [-0.39, 0.29) is 5.78 Å². The molecule has 0 aliphatic carbocycles. The largest absolute Gasteiger partial charge is 0.437 e. The SMILES string of the molecule is CC(=O)c1ccc(N2CCOCC2C)o1. The number of carbonyl (C=O) groups is 1. The van der Waals surface area contributed by atoms with E-state index in [4.69, 9.17) is 9.15 Å². The van der Waals surface area contributed by atoms with Crippen molar-refractivity contribution in [1.29, 1.82) is 0 Å². The number of ketones is 1. The van der Waals surface area contributed by atoms with Crippen LogP contribution in [-0.2, 0) is 4.74 Å². The van der Waals surface area contributed by atoms with Crippen LogP contribution in [0.2, 0.25) is 0 Å². The van der Waals surface area contributed by atoms with Crippen LogP contribution in [-0.4, -0.2) is 31.6 Å². The highest BCUT2D eigenvalue weighted by Gasteiger charge is 2.22. The summed E-state index contributed by atoms with van der Waals surface area (Å²) in [4.78, 5) is 13.2. The molecule has 82 valence electrons. The molecule has 1 aromatic heterocycles. The number of carbonyl (C=O) groups excluding carboxylic acids is 1. The molecule has 2 rings (SSSR count). The van der Waals surface area contributed by atoms with Crippen molar-refractivity contribution < 1.29 is 13.9 Å². The Morgan fingerprint density at radius 2 is 2.33 bits per heavy atom. The van der Waals surface area contributed by atoms with Crippen molar-refractivity contribution in [1.82, 2.24) is 0 Å². The Bertz CT molecular complexity index is 358. The summed E-state index contributed by atoms with van der Waals surface area (Å²) >= 11 is 0. The first-order chi connectivity index (χ1) is 7.18. The van der Waals surface area contributed by atoms with Crippen LogP contribution < -0.4 is 4.90 Å². The van der Waals surface area contributed by atoms with Crippen molar-refractivity contribution in [2.45, 2.75) is 19.9 Å². The van der Waals surface area contributed by atoms with Crippen LogP contribution >= 0.6 is 0 Å². The molecule has 1 saturated heterocycles. The summed E-state index contributed by atoms with van der Waals surface area (Å²) in [7, 11) is 0. The van der Waals surface area contributed by atoms with Crippen LogP contribution in [0.25, 0.3) is 0 Å². The first kappa shape index (κ1) is 10.2. The number of furan rings is 1. The smallest absolute Gasteiger partial charge is 0.196 e. The predicted molar refractivity (Wildman–Crippen MR) is 56.3 cm³/mol. The van der Waals surface area contributed by atoms with Crippen LogP contribution in [0.5, 0.6) is 0 Å². The van der Waals surface area contributed by atoms with E-state index in [1.807, 2.05) is 6.07 Å². The van der Waals surface area contributed by atoms with Crippen molar-refractivity contribution in [2.75, 3.05) is 24.7 Å². The zero-order valence-corrected chi connectivity index (χ0v) is 9.03. The average molecular weight is 209 g/mol. The minimum atomic E-state index is -0.0397. The third-order valence-corrected chi connectivity index (χ3v) is 2.59. The Labute approximate surface area is 88.8 Å². The lowest BCUT2D eigenvalue weighted by Gasteiger charge is -2.32. The highest BCUT2D eigenvalue weighted by atomic mass is 16.5. The van der Waals surface area contributed by atoms with Gasteiger partial charge < -0.3 is 14.1 Å². The molecule has 0 aromatic carbocycles. The predicted octanol–water partition coefficient (Wildman–Crippen LogP) is 1.71. The lowest BCUT2D eigenvalue weighted by molar-refractivity contribution is 0.0948. The van der Waals surface area contributed by atoms with Crippen LogP contribution in [0.15, 0.2) is 16.5 Å². The average Bonchev–Trinajstić information content (AvgIpc) is 2.67. The number of rotatable bonds is 2. The normalized spacial score (nSPS) is 21.7. The van der Waals surface area contributed by atoms with Gasteiger partial charge in [-0.15, -0.1) is 0 Å². The monoisotopic (exact) mass is 209 g/mol. The number of Topliss-reactive ketones (excluding diaryl/α,β-unsaturated/α-hetero) is 1. The minimum Gasteiger partial charge on any atom is -0.437 e. The zero-order valence-electron chi connectivity index (χ0n) is 9.03. The van der Waals surface area contributed by atoms with Gasteiger partial charge in [-0.3, -0.25) is 4.79 Å². The second-order valence-corrected chi connectivity index (χ2v) is 3.81. The number of anilines is 1. The summed E-state index contributed by atoms with van der Waals surface area (Å²) in [6, 6.07) is 3.86. The molecule has 0 saturated carbocycles. The van der Waals surface area contributed by atoms with E-state index in [1.54, 1.807) is 6.07 Å². The van der Waals surface area contributed by atoms with E-state index in [9.17, 15) is 4.79 Å². The van der Waals surface area contributed by atoms with Crippen molar-refractivity contribution in [3.05, 3.63) is 17.9 Å². The Hall–Kier alpha value is -1.29. The van der Waals surface area contributed by atoms with Crippen molar-refractivity contribution in [3.8, 4) is 0 Å². The van der Waals surface area contributed by atoms with Gasteiger partial charge in [0.2, 0.25) is 0 Å². The molecule has 1 atom stereocenters. The fraction of sp³-hybridized carbons (Fsp3) is 0.545. The summed E-state index contributed by atoms with van der Waals surface area (Å²) in [5.41, 5.74) is 0. The maximum Gasteiger partial charge on any atom is 0.196 e. The lowest BCUT2D eigenvalue weighted by atomic mass is 10.2. The summed E-state index contributed by atoms with van der Waals surface area (Å²) in [5, 5.41) is 0. The van der Waals surface area contributed by atoms with Crippen LogP contribution in [0, 0.1) is 0 Å². The highest BCUT2D eigenvalue weighted by molar-refractivity contribution is 5.91. The van der Waals surface area contributed by atoms with E-state index >= 15 is 0 Å². The standard InChI is InChI=1S/C11H15NO3/c1-8-7-14-6-5-12(8)11-4-3-10(15-11)9(2)13/h3-4,8H,5-7H2,1-2H3. The molecule has 2 heterocycles. The summed E-state index contributed by atoms with van der Waals surface area (Å²) in [6.07, 6.45) is 0. The quantitative estimate of drug-likeness (QED) is 0.695.